The number of alkyl halides is 6. The summed E-state index contributed by atoms with van der Waals surface area (Å²) < 4.78 is 106. The Kier molecular flexibility index (Phi) is 12.4. The van der Waals surface area contributed by atoms with Crippen molar-refractivity contribution in [2.24, 2.45) is 10.8 Å². The van der Waals surface area contributed by atoms with E-state index >= 15 is 0 Å². The Bertz CT molecular complexity index is 2750. The van der Waals surface area contributed by atoms with Crippen molar-refractivity contribution in [3.05, 3.63) is 78.6 Å². The molecule has 0 amide bonds. The first-order valence-corrected chi connectivity index (χ1v) is 21.0. The predicted molar refractivity (Wildman–Crippen MR) is 233 cm³/mol. The molecule has 356 valence electrons. The number of halogens is 7. The molecule has 2 unspecified atom stereocenters. The number of nitrogen functional groups attached to an aromatic ring is 1. The minimum atomic E-state index is -4.29. The van der Waals surface area contributed by atoms with Gasteiger partial charge < -0.3 is 39.8 Å². The maximum Gasteiger partial charge on any atom is 0.396 e. The Hall–Kier alpha value is -6.85. The largest absolute Gasteiger partial charge is 0.493 e. The average molecular weight is 959 g/mol. The molecule has 2 aliphatic carbocycles. The van der Waals surface area contributed by atoms with Crippen LogP contribution in [0, 0.1) is 24.7 Å². The summed E-state index contributed by atoms with van der Waals surface area (Å²) in [5, 5.41) is 3.03. The van der Waals surface area contributed by atoms with Gasteiger partial charge in [-0.2, -0.15) is 36.3 Å². The molecule has 2 saturated carbocycles. The Balaban J connectivity index is 0.000000151. The predicted octanol–water partition coefficient (Wildman–Crippen LogP) is 7.49. The van der Waals surface area contributed by atoms with Crippen LogP contribution in [-0.4, -0.2) is 115 Å². The zero-order valence-corrected chi connectivity index (χ0v) is 37.6. The number of aryl methyl sites for hydroxylation is 2. The van der Waals surface area contributed by atoms with E-state index in [0.29, 0.717) is 57.6 Å². The fourth-order valence-corrected chi connectivity index (χ4v) is 8.25. The van der Waals surface area contributed by atoms with Gasteiger partial charge in [0.15, 0.2) is 46.3 Å². The lowest BCUT2D eigenvalue weighted by atomic mass is 9.94. The quantitative estimate of drug-likeness (QED) is 0.112. The second-order valence-corrected chi connectivity index (χ2v) is 16.7. The van der Waals surface area contributed by atoms with Gasteiger partial charge in [-0.05, 0) is 51.1 Å². The highest BCUT2D eigenvalue weighted by atomic mass is 35.5. The van der Waals surface area contributed by atoms with E-state index in [0.717, 1.165) is 11.4 Å². The molecule has 67 heavy (non-hydrogen) atoms. The molecule has 3 N–H and O–H groups in total. The molecule has 0 bridgehead atoms. The molecule has 8 heterocycles. The number of hydrogen-bond donors (Lipinski definition) is 2. The molecule has 6 aromatic rings. The summed E-state index contributed by atoms with van der Waals surface area (Å²) in [5.74, 6) is 3.91. The number of likely N-dealkylation sites (N-methyl/N-ethyl adjacent to an activating group) is 2. The molecular weight excluding hydrogens is 914 g/mol. The zero-order chi connectivity index (χ0) is 48.1. The van der Waals surface area contributed by atoms with E-state index in [2.05, 4.69) is 45.2 Å². The highest BCUT2D eigenvalue weighted by Gasteiger charge is 2.70. The van der Waals surface area contributed by atoms with Gasteiger partial charge in [-0.3, -0.25) is 9.13 Å². The number of hydrogen-bond acceptors (Lipinski definition) is 16. The van der Waals surface area contributed by atoms with Crippen LogP contribution in [0.3, 0.4) is 0 Å². The molecule has 2 atom stereocenters. The van der Waals surface area contributed by atoms with Crippen LogP contribution in [0.5, 0.6) is 23.0 Å². The number of methoxy groups -OCH3 is 2. The number of imidazole rings is 2. The number of anilines is 5. The SMILES string of the molecule is CN1c2nc(Cl)ncc2OCC1C1(C(F)(F)F)CC1.COc1cc(N)cnc1-n1cnc(C)c1.COc1cc(Nc2ncc3c(n2)N(C)C(C2(C(F)(F)F)CC2)CO3)cnc1-n1cnc(C)c1. The van der Waals surface area contributed by atoms with E-state index in [-0.39, 0.29) is 50.1 Å². The molecule has 0 aromatic carbocycles. The number of aromatic nitrogens is 10. The summed E-state index contributed by atoms with van der Waals surface area (Å²) in [5.41, 5.74) is 5.08. The number of rotatable bonds is 8. The van der Waals surface area contributed by atoms with Crippen LogP contribution in [0.4, 0.5) is 55.3 Å². The van der Waals surface area contributed by atoms with Gasteiger partial charge in [-0.15, -0.1) is 0 Å². The monoisotopic (exact) mass is 958 g/mol. The molecule has 4 aliphatic rings. The maximum atomic E-state index is 13.7. The Morgan fingerprint density at radius 3 is 1.61 bits per heavy atom. The second-order valence-electron chi connectivity index (χ2n) is 16.4. The van der Waals surface area contributed by atoms with Crippen molar-refractivity contribution >= 4 is 40.6 Å². The van der Waals surface area contributed by atoms with E-state index in [9.17, 15) is 26.3 Å². The van der Waals surface area contributed by atoms with Gasteiger partial charge in [0.25, 0.3) is 0 Å². The van der Waals surface area contributed by atoms with Crippen molar-refractivity contribution in [1.82, 2.24) is 49.0 Å². The van der Waals surface area contributed by atoms with E-state index in [4.69, 9.17) is 36.3 Å². The van der Waals surface area contributed by atoms with Gasteiger partial charge in [-0.25, -0.2) is 29.9 Å². The summed E-state index contributed by atoms with van der Waals surface area (Å²) >= 11 is 5.68. The van der Waals surface area contributed by atoms with Crippen LogP contribution >= 0.6 is 11.6 Å². The number of fused-ring (bicyclic) bond motifs is 2. The van der Waals surface area contributed by atoms with Crippen molar-refractivity contribution in [2.75, 3.05) is 62.4 Å². The highest BCUT2D eigenvalue weighted by molar-refractivity contribution is 6.28. The topological polar surface area (TPSA) is 194 Å². The second kappa shape index (κ2) is 17.8. The van der Waals surface area contributed by atoms with Crippen LogP contribution in [0.15, 0.2) is 62.0 Å². The Labute approximate surface area is 384 Å². The smallest absolute Gasteiger partial charge is 0.396 e. The Morgan fingerprint density at radius 1 is 0.672 bits per heavy atom. The van der Waals surface area contributed by atoms with Gasteiger partial charge in [0.1, 0.15) is 25.9 Å². The molecule has 2 aliphatic heterocycles. The van der Waals surface area contributed by atoms with Gasteiger partial charge in [0.05, 0.1) is 84.7 Å². The van der Waals surface area contributed by atoms with Crippen LogP contribution < -0.4 is 39.8 Å². The fourth-order valence-electron chi connectivity index (χ4n) is 8.12. The maximum absolute atomic E-state index is 13.7. The van der Waals surface area contributed by atoms with E-state index < -0.39 is 35.3 Å². The molecule has 0 spiro atoms. The molecule has 2 fully saturated rings. The fraction of sp³-hybridized carbons (Fsp3) is 0.429. The zero-order valence-electron chi connectivity index (χ0n) is 36.9. The lowest BCUT2D eigenvalue weighted by Gasteiger charge is -2.40. The third kappa shape index (κ3) is 9.17. The lowest BCUT2D eigenvalue weighted by Crippen LogP contribution is -2.52. The summed E-state index contributed by atoms with van der Waals surface area (Å²) in [7, 11) is 6.32. The average Bonchev–Trinajstić information content (AvgIpc) is 4.20. The third-order valence-electron chi connectivity index (χ3n) is 12.1. The van der Waals surface area contributed by atoms with Crippen molar-refractivity contribution < 1.29 is 45.3 Å². The highest BCUT2D eigenvalue weighted by Crippen LogP contribution is 2.63. The molecule has 0 radical (unpaired) electrons. The van der Waals surface area contributed by atoms with Crippen molar-refractivity contribution in [1.29, 1.82) is 0 Å². The van der Waals surface area contributed by atoms with Gasteiger partial charge in [0, 0.05) is 38.6 Å². The van der Waals surface area contributed by atoms with Gasteiger partial charge in [-0.1, -0.05) is 0 Å². The first-order chi connectivity index (χ1) is 31.8. The standard InChI is InChI=1S/C21H22F3N7O2.C11H11ClF3N3O.C10H12N4O/c1-12-9-31(11-27-12)17-14(32-3)6-13(7-25-17)28-19-26-8-15-18(29-19)30(2)16(10-33-15)20(4-5-20)21(22,23)24;1-18-7(10(2-3-10)11(13,14)15)5-19-6-4-16-9(12)17-8(6)18;1-7-5-14(6-13-7)10-9(15-2)3-8(11)4-12-10/h6-9,11,16H,4-5,10H2,1-3H3,(H,26,28,29);4,7H,2-3,5H2,1H3;3-6H,11H2,1-2H3. The van der Waals surface area contributed by atoms with Crippen LogP contribution in [-0.2, 0) is 0 Å². The van der Waals surface area contributed by atoms with Crippen LogP contribution in [0.2, 0.25) is 5.28 Å². The molecular formula is C42H45ClF6N14O4. The first-order valence-electron chi connectivity index (χ1n) is 20.6. The van der Waals surface area contributed by atoms with E-state index in [1.165, 1.54) is 24.4 Å². The summed E-state index contributed by atoms with van der Waals surface area (Å²) in [6.45, 7) is 3.71. The van der Waals surface area contributed by atoms with E-state index in [1.54, 1.807) is 72.4 Å². The first kappa shape index (κ1) is 46.7. The minimum absolute atomic E-state index is 0.00768. The molecule has 6 aromatic heterocycles. The normalized spacial score (nSPS) is 18.6. The van der Waals surface area contributed by atoms with Crippen LogP contribution in [0.1, 0.15) is 37.1 Å². The van der Waals surface area contributed by atoms with Gasteiger partial charge in [0.2, 0.25) is 11.2 Å². The number of nitrogens with zero attached hydrogens (tertiary/aromatic N) is 12. The molecule has 18 nitrogen and oxygen atoms in total. The third-order valence-corrected chi connectivity index (χ3v) is 12.3. The Morgan fingerprint density at radius 2 is 1.15 bits per heavy atom. The molecule has 25 heteroatoms. The lowest BCUT2D eigenvalue weighted by molar-refractivity contribution is -0.196. The van der Waals surface area contributed by atoms with Crippen molar-refractivity contribution in [3.8, 4) is 34.6 Å². The summed E-state index contributed by atoms with van der Waals surface area (Å²) in [6.07, 6.45) is 4.95. The summed E-state index contributed by atoms with van der Waals surface area (Å²) in [4.78, 5) is 36.4. The van der Waals surface area contributed by atoms with Crippen molar-refractivity contribution in [2.45, 2.75) is 64.0 Å². The summed E-state index contributed by atoms with van der Waals surface area (Å²) in [6, 6.07) is 1.85. The number of nitrogens with one attached hydrogen (secondary N) is 1. The van der Waals surface area contributed by atoms with Crippen LogP contribution in [0.25, 0.3) is 11.6 Å². The van der Waals surface area contributed by atoms with Gasteiger partial charge >= 0.3 is 12.4 Å². The minimum Gasteiger partial charge on any atom is -0.493 e. The molecule has 0 saturated heterocycles. The van der Waals surface area contributed by atoms with E-state index in [1.807, 2.05) is 26.2 Å². The number of pyridine rings is 2. The molecule has 10 rings (SSSR count). The van der Waals surface area contributed by atoms with Crippen molar-refractivity contribution in [3.63, 3.8) is 0 Å². The number of nitrogens with two attached hydrogens (primary N) is 1. The number of ether oxygens (including phenoxy) is 4.